The van der Waals surface area contributed by atoms with E-state index < -0.39 is 0 Å². The lowest BCUT2D eigenvalue weighted by Gasteiger charge is -2.08. The van der Waals surface area contributed by atoms with Crippen LogP contribution in [-0.4, -0.2) is 25.5 Å². The Kier molecular flexibility index (Phi) is 6.41. The summed E-state index contributed by atoms with van der Waals surface area (Å²) in [6.07, 6.45) is 0. The number of amides is 2. The van der Waals surface area contributed by atoms with Gasteiger partial charge in [0.15, 0.2) is 0 Å². The zero-order valence-electron chi connectivity index (χ0n) is 12.2. The van der Waals surface area contributed by atoms with Crippen molar-refractivity contribution < 1.29 is 14.3 Å². The van der Waals surface area contributed by atoms with Crippen LogP contribution in [-0.2, 0) is 16.1 Å². The van der Waals surface area contributed by atoms with Crippen LogP contribution in [0.25, 0.3) is 0 Å². The van der Waals surface area contributed by atoms with Crippen LogP contribution in [0.3, 0.4) is 0 Å². The Bertz CT molecular complexity index is 718. The smallest absolute Gasteiger partial charge is 0.253 e. The highest BCUT2D eigenvalue weighted by molar-refractivity contribution is 7.20. The Hall–Kier alpha value is -1.60. The molecule has 0 bridgehead atoms. The van der Waals surface area contributed by atoms with Gasteiger partial charge in [0.25, 0.3) is 5.91 Å². The lowest BCUT2D eigenvalue weighted by atomic mass is 10.2. The molecule has 2 N–H and O–H groups in total. The van der Waals surface area contributed by atoms with Gasteiger partial charge in [-0.1, -0.05) is 35.3 Å². The van der Waals surface area contributed by atoms with Crippen molar-refractivity contribution in [3.8, 4) is 0 Å². The van der Waals surface area contributed by atoms with Crippen molar-refractivity contribution >= 4 is 52.0 Å². The van der Waals surface area contributed by atoms with E-state index in [0.717, 1.165) is 16.9 Å². The molecular formula is C15H14Cl2N2O3S. The van der Waals surface area contributed by atoms with E-state index in [4.69, 9.17) is 27.9 Å². The van der Waals surface area contributed by atoms with Gasteiger partial charge in [0.05, 0.1) is 9.90 Å². The normalized spacial score (nSPS) is 10.4. The predicted molar refractivity (Wildman–Crippen MR) is 92.5 cm³/mol. The van der Waals surface area contributed by atoms with E-state index in [0.29, 0.717) is 26.5 Å². The number of halogens is 2. The maximum absolute atomic E-state index is 12.1. The molecule has 0 aliphatic heterocycles. The Morgan fingerprint density at radius 2 is 2.04 bits per heavy atom. The first kappa shape index (κ1) is 17.7. The van der Waals surface area contributed by atoms with E-state index >= 15 is 0 Å². The first-order valence-electron chi connectivity index (χ1n) is 6.60. The maximum Gasteiger partial charge on any atom is 0.253 e. The van der Waals surface area contributed by atoms with Gasteiger partial charge in [-0.25, -0.2) is 0 Å². The predicted octanol–water partition coefficient (Wildman–Crippen LogP) is 3.57. The van der Waals surface area contributed by atoms with Crippen LogP contribution in [0.5, 0.6) is 0 Å². The molecule has 122 valence electrons. The lowest BCUT2D eigenvalue weighted by Crippen LogP contribution is -2.22. The van der Waals surface area contributed by atoms with E-state index in [9.17, 15) is 9.59 Å². The second-order valence-electron chi connectivity index (χ2n) is 4.60. The molecule has 2 amide bonds. The van der Waals surface area contributed by atoms with Gasteiger partial charge in [0, 0.05) is 19.3 Å². The van der Waals surface area contributed by atoms with Crippen LogP contribution >= 0.6 is 34.5 Å². The molecule has 0 aliphatic carbocycles. The van der Waals surface area contributed by atoms with Crippen LogP contribution in [0.15, 0.2) is 30.3 Å². The Morgan fingerprint density at radius 3 is 2.70 bits per heavy atom. The fraction of sp³-hybridized carbons (Fsp3) is 0.200. The number of rotatable bonds is 6. The van der Waals surface area contributed by atoms with Crippen LogP contribution in [0.2, 0.25) is 8.67 Å². The number of hydrogen-bond donors (Lipinski definition) is 2. The van der Waals surface area contributed by atoms with Gasteiger partial charge in [-0.2, -0.15) is 0 Å². The third kappa shape index (κ3) is 5.21. The molecule has 0 aliphatic rings. The number of carbonyl (C=O) groups excluding carboxylic acids is 2. The summed E-state index contributed by atoms with van der Waals surface area (Å²) in [5.74, 6) is -0.541. The first-order valence-corrected chi connectivity index (χ1v) is 8.17. The van der Waals surface area contributed by atoms with Gasteiger partial charge in [-0.15, -0.1) is 11.3 Å². The largest absolute Gasteiger partial charge is 0.375 e. The van der Waals surface area contributed by atoms with E-state index in [-0.39, 0.29) is 18.4 Å². The molecule has 8 heteroatoms. The molecule has 0 saturated carbocycles. The molecule has 2 rings (SSSR count). The number of anilines is 1. The molecule has 1 aromatic carbocycles. The van der Waals surface area contributed by atoms with Crippen LogP contribution < -0.4 is 10.6 Å². The summed E-state index contributed by atoms with van der Waals surface area (Å²) < 4.78 is 5.57. The Labute approximate surface area is 147 Å². The van der Waals surface area contributed by atoms with Crippen LogP contribution in [0, 0.1) is 0 Å². The SMILES string of the molecule is COCC(=O)Nc1cccc(CNC(=O)c2cc(Cl)sc2Cl)c1. The molecular weight excluding hydrogens is 359 g/mol. The molecule has 1 aromatic heterocycles. The van der Waals surface area contributed by atoms with Crippen molar-refractivity contribution in [3.05, 3.63) is 50.1 Å². The monoisotopic (exact) mass is 372 g/mol. The minimum atomic E-state index is -0.299. The van der Waals surface area contributed by atoms with Crippen LogP contribution in [0.4, 0.5) is 5.69 Å². The van der Waals surface area contributed by atoms with Crippen molar-refractivity contribution in [2.24, 2.45) is 0 Å². The third-order valence-corrected chi connectivity index (χ3v) is 4.33. The maximum atomic E-state index is 12.1. The summed E-state index contributed by atoms with van der Waals surface area (Å²) in [5, 5.41) is 5.46. The molecule has 0 spiro atoms. The average Bonchev–Trinajstić information content (AvgIpc) is 2.84. The molecule has 23 heavy (non-hydrogen) atoms. The number of carbonyl (C=O) groups is 2. The topological polar surface area (TPSA) is 67.4 Å². The summed E-state index contributed by atoms with van der Waals surface area (Å²) >= 11 is 12.9. The van der Waals surface area contributed by atoms with Crippen LogP contribution in [0.1, 0.15) is 15.9 Å². The quantitative estimate of drug-likeness (QED) is 0.814. The third-order valence-electron chi connectivity index (χ3n) is 2.84. The second-order valence-corrected chi connectivity index (χ2v) is 6.89. The zero-order valence-corrected chi connectivity index (χ0v) is 14.5. The van der Waals surface area contributed by atoms with Gasteiger partial charge in [0.2, 0.25) is 5.91 Å². The highest BCUT2D eigenvalue weighted by atomic mass is 35.5. The minimum Gasteiger partial charge on any atom is -0.375 e. The number of thiophene rings is 1. The molecule has 0 radical (unpaired) electrons. The lowest BCUT2D eigenvalue weighted by molar-refractivity contribution is -0.119. The summed E-state index contributed by atoms with van der Waals surface area (Å²) in [4.78, 5) is 23.5. The number of nitrogens with one attached hydrogen (secondary N) is 2. The minimum absolute atomic E-state index is 0.0155. The van der Waals surface area contributed by atoms with Crippen molar-refractivity contribution in [3.63, 3.8) is 0 Å². The molecule has 0 saturated heterocycles. The van der Waals surface area contributed by atoms with Gasteiger partial charge in [-0.05, 0) is 23.8 Å². The van der Waals surface area contributed by atoms with Gasteiger partial charge in [-0.3, -0.25) is 9.59 Å². The number of benzene rings is 1. The molecule has 0 fully saturated rings. The average molecular weight is 373 g/mol. The van der Waals surface area contributed by atoms with Crippen molar-refractivity contribution in [1.29, 1.82) is 0 Å². The summed E-state index contributed by atoms with van der Waals surface area (Å²) in [7, 11) is 1.45. The highest BCUT2D eigenvalue weighted by Crippen LogP contribution is 2.31. The zero-order chi connectivity index (χ0) is 16.8. The summed E-state index contributed by atoms with van der Waals surface area (Å²) in [5.41, 5.74) is 1.83. The second kappa shape index (κ2) is 8.31. The van der Waals surface area contributed by atoms with Crippen molar-refractivity contribution in [2.75, 3.05) is 19.0 Å². The fourth-order valence-corrected chi connectivity index (χ4v) is 3.32. The standard InChI is InChI=1S/C15H14Cl2N2O3S/c1-22-8-13(20)19-10-4-2-3-9(5-10)7-18-15(21)11-6-12(16)23-14(11)17/h2-6H,7-8H2,1H3,(H,18,21)(H,19,20). The van der Waals surface area contributed by atoms with E-state index in [1.54, 1.807) is 18.2 Å². The molecule has 2 aromatic rings. The van der Waals surface area contributed by atoms with Crippen molar-refractivity contribution in [1.82, 2.24) is 5.32 Å². The van der Waals surface area contributed by atoms with Crippen molar-refractivity contribution in [2.45, 2.75) is 6.54 Å². The summed E-state index contributed by atoms with van der Waals surface area (Å²) in [6, 6.07) is 8.70. The Balaban J connectivity index is 1.96. The number of methoxy groups -OCH3 is 1. The molecule has 0 atom stereocenters. The summed E-state index contributed by atoms with van der Waals surface area (Å²) in [6.45, 7) is 0.287. The van der Waals surface area contributed by atoms with E-state index in [2.05, 4.69) is 10.6 Å². The van der Waals surface area contributed by atoms with Gasteiger partial charge >= 0.3 is 0 Å². The van der Waals surface area contributed by atoms with E-state index in [1.807, 2.05) is 6.07 Å². The fourth-order valence-electron chi connectivity index (χ4n) is 1.86. The number of hydrogen-bond acceptors (Lipinski definition) is 4. The highest BCUT2D eigenvalue weighted by Gasteiger charge is 2.13. The molecule has 1 heterocycles. The van der Waals surface area contributed by atoms with E-state index in [1.165, 1.54) is 13.2 Å². The Morgan fingerprint density at radius 1 is 1.26 bits per heavy atom. The molecule has 5 nitrogen and oxygen atoms in total. The number of ether oxygens (including phenoxy) is 1. The first-order chi connectivity index (χ1) is 11.0. The van der Waals surface area contributed by atoms with Gasteiger partial charge in [0.1, 0.15) is 10.9 Å². The van der Waals surface area contributed by atoms with Gasteiger partial charge < -0.3 is 15.4 Å². The molecule has 0 unspecified atom stereocenters.